The lowest BCUT2D eigenvalue weighted by Crippen LogP contribution is -2.54. The Morgan fingerprint density at radius 3 is 2.26 bits per heavy atom. The number of piperazine rings is 1. The lowest BCUT2D eigenvalue weighted by Gasteiger charge is -2.42. The summed E-state index contributed by atoms with van der Waals surface area (Å²) >= 11 is 0. The number of nitrogens with two attached hydrogens (primary N) is 1. The molecule has 0 bridgehead atoms. The van der Waals surface area contributed by atoms with Gasteiger partial charge < -0.3 is 5.73 Å². The Kier molecular flexibility index (Phi) is 4.97. The van der Waals surface area contributed by atoms with E-state index in [1.54, 1.807) is 0 Å². The van der Waals surface area contributed by atoms with Crippen LogP contribution in [0, 0.1) is 0 Å². The second kappa shape index (κ2) is 6.51. The van der Waals surface area contributed by atoms with Crippen LogP contribution in [0.25, 0.3) is 0 Å². The van der Waals surface area contributed by atoms with Crippen LogP contribution in [-0.2, 0) is 13.0 Å². The topological polar surface area (TPSA) is 32.5 Å². The zero-order valence-electron chi connectivity index (χ0n) is 12.5. The minimum atomic E-state index is 0.630. The smallest absolute Gasteiger partial charge is 0.0237 e. The maximum absolute atomic E-state index is 5.70. The van der Waals surface area contributed by atoms with E-state index in [-0.39, 0.29) is 0 Å². The fourth-order valence-electron chi connectivity index (χ4n) is 3.00. The molecular formula is C16H27N3. The molecule has 0 spiro atoms. The number of hydrogen-bond donors (Lipinski definition) is 1. The minimum Gasteiger partial charge on any atom is -0.330 e. The van der Waals surface area contributed by atoms with Crippen molar-refractivity contribution in [1.82, 2.24) is 9.80 Å². The Labute approximate surface area is 117 Å². The Bertz CT molecular complexity index is 393. The van der Waals surface area contributed by atoms with Crippen molar-refractivity contribution in [3.63, 3.8) is 0 Å². The quantitative estimate of drug-likeness (QED) is 0.895. The second-order valence-electron chi connectivity index (χ2n) is 5.86. The van der Waals surface area contributed by atoms with Gasteiger partial charge in [-0.2, -0.15) is 0 Å². The fraction of sp³-hybridized carbons (Fsp3) is 0.625. The zero-order valence-corrected chi connectivity index (χ0v) is 12.5. The molecule has 1 saturated heterocycles. The second-order valence-corrected chi connectivity index (χ2v) is 5.86. The van der Waals surface area contributed by atoms with Gasteiger partial charge in [-0.3, -0.25) is 9.80 Å². The van der Waals surface area contributed by atoms with E-state index in [4.69, 9.17) is 5.73 Å². The molecule has 0 saturated carbocycles. The molecule has 1 aromatic rings. The number of hydrogen-bond acceptors (Lipinski definition) is 3. The van der Waals surface area contributed by atoms with Crippen LogP contribution in [0.5, 0.6) is 0 Å². The molecule has 106 valence electrons. The standard InChI is InChI=1S/C16H27N3/c1-13-10-19(11-14(2)18(13)3)12-16-7-5-4-6-15(16)8-9-17/h4-7,13-14H,8-12,17H2,1-3H3. The Morgan fingerprint density at radius 2 is 1.68 bits per heavy atom. The van der Waals surface area contributed by atoms with E-state index in [1.807, 2.05) is 0 Å². The molecule has 1 fully saturated rings. The molecule has 2 unspecified atom stereocenters. The summed E-state index contributed by atoms with van der Waals surface area (Å²) in [7, 11) is 2.23. The maximum atomic E-state index is 5.70. The summed E-state index contributed by atoms with van der Waals surface area (Å²) < 4.78 is 0. The largest absolute Gasteiger partial charge is 0.330 e. The summed E-state index contributed by atoms with van der Waals surface area (Å²) in [5.41, 5.74) is 8.55. The van der Waals surface area contributed by atoms with E-state index < -0.39 is 0 Å². The number of rotatable bonds is 4. The number of benzene rings is 1. The third-order valence-electron chi connectivity index (χ3n) is 4.36. The van der Waals surface area contributed by atoms with Crippen molar-refractivity contribution in [2.24, 2.45) is 5.73 Å². The van der Waals surface area contributed by atoms with E-state index in [9.17, 15) is 0 Å². The normalized spacial score (nSPS) is 25.7. The molecule has 2 atom stereocenters. The summed E-state index contributed by atoms with van der Waals surface area (Å²) in [5, 5.41) is 0. The van der Waals surface area contributed by atoms with Crippen LogP contribution >= 0.6 is 0 Å². The van der Waals surface area contributed by atoms with Crippen LogP contribution < -0.4 is 5.73 Å². The summed E-state index contributed by atoms with van der Waals surface area (Å²) in [6.07, 6.45) is 0.981. The molecule has 1 heterocycles. The van der Waals surface area contributed by atoms with Gasteiger partial charge in [-0.15, -0.1) is 0 Å². The molecule has 3 nitrogen and oxygen atoms in total. The van der Waals surface area contributed by atoms with Crippen molar-refractivity contribution in [2.45, 2.75) is 38.9 Å². The summed E-state index contributed by atoms with van der Waals surface area (Å²) in [6.45, 7) is 8.71. The van der Waals surface area contributed by atoms with E-state index in [1.165, 1.54) is 11.1 Å². The Hall–Kier alpha value is -0.900. The molecule has 1 aromatic carbocycles. The van der Waals surface area contributed by atoms with Gasteiger partial charge >= 0.3 is 0 Å². The van der Waals surface area contributed by atoms with Crippen molar-refractivity contribution < 1.29 is 0 Å². The van der Waals surface area contributed by atoms with Crippen molar-refractivity contribution in [3.05, 3.63) is 35.4 Å². The minimum absolute atomic E-state index is 0.630. The number of nitrogens with zero attached hydrogens (tertiary/aromatic N) is 2. The fourth-order valence-corrected chi connectivity index (χ4v) is 3.00. The van der Waals surface area contributed by atoms with E-state index >= 15 is 0 Å². The summed E-state index contributed by atoms with van der Waals surface area (Å²) in [5.74, 6) is 0. The van der Waals surface area contributed by atoms with Gasteiger partial charge in [-0.05, 0) is 45.0 Å². The zero-order chi connectivity index (χ0) is 13.8. The van der Waals surface area contributed by atoms with Crippen LogP contribution in [0.4, 0.5) is 0 Å². The first-order valence-corrected chi connectivity index (χ1v) is 7.33. The van der Waals surface area contributed by atoms with Crippen molar-refractivity contribution in [3.8, 4) is 0 Å². The van der Waals surface area contributed by atoms with Crippen LogP contribution in [0.15, 0.2) is 24.3 Å². The first-order valence-electron chi connectivity index (χ1n) is 7.33. The molecule has 0 aromatic heterocycles. The molecule has 0 aliphatic carbocycles. The van der Waals surface area contributed by atoms with E-state index in [0.717, 1.165) is 32.6 Å². The van der Waals surface area contributed by atoms with E-state index in [0.29, 0.717) is 12.1 Å². The lowest BCUT2D eigenvalue weighted by atomic mass is 10.0. The first-order chi connectivity index (χ1) is 9.11. The molecule has 3 heteroatoms. The third-order valence-corrected chi connectivity index (χ3v) is 4.36. The maximum Gasteiger partial charge on any atom is 0.0237 e. The molecule has 0 amide bonds. The van der Waals surface area contributed by atoms with Gasteiger partial charge in [0.1, 0.15) is 0 Å². The van der Waals surface area contributed by atoms with Crippen LogP contribution in [-0.4, -0.2) is 48.6 Å². The molecule has 2 rings (SSSR count). The highest BCUT2D eigenvalue weighted by Crippen LogP contribution is 2.18. The van der Waals surface area contributed by atoms with E-state index in [2.05, 4.69) is 55.0 Å². The van der Waals surface area contributed by atoms with Gasteiger partial charge in [0, 0.05) is 31.7 Å². The molecule has 1 aliphatic rings. The monoisotopic (exact) mass is 261 g/mol. The third kappa shape index (κ3) is 3.56. The lowest BCUT2D eigenvalue weighted by molar-refractivity contribution is 0.0555. The molecule has 1 aliphatic heterocycles. The Balaban J connectivity index is 2.05. The van der Waals surface area contributed by atoms with Crippen LogP contribution in [0.1, 0.15) is 25.0 Å². The van der Waals surface area contributed by atoms with Gasteiger partial charge in [0.05, 0.1) is 0 Å². The van der Waals surface area contributed by atoms with Crippen LogP contribution in [0.3, 0.4) is 0 Å². The van der Waals surface area contributed by atoms with Crippen molar-refractivity contribution in [1.29, 1.82) is 0 Å². The van der Waals surface area contributed by atoms with Gasteiger partial charge in [0.15, 0.2) is 0 Å². The molecule has 0 radical (unpaired) electrons. The average molecular weight is 261 g/mol. The van der Waals surface area contributed by atoms with Crippen LogP contribution in [0.2, 0.25) is 0 Å². The van der Waals surface area contributed by atoms with Gasteiger partial charge in [0.25, 0.3) is 0 Å². The average Bonchev–Trinajstić information content (AvgIpc) is 2.38. The summed E-state index contributed by atoms with van der Waals surface area (Å²) in [4.78, 5) is 5.05. The molecule has 19 heavy (non-hydrogen) atoms. The van der Waals surface area contributed by atoms with Crippen molar-refractivity contribution >= 4 is 0 Å². The van der Waals surface area contributed by atoms with Gasteiger partial charge in [-0.25, -0.2) is 0 Å². The predicted octanol–water partition coefficient (Wildman–Crippen LogP) is 1.71. The molecule has 2 N–H and O–H groups in total. The van der Waals surface area contributed by atoms with Crippen molar-refractivity contribution in [2.75, 3.05) is 26.7 Å². The van der Waals surface area contributed by atoms with Gasteiger partial charge in [-0.1, -0.05) is 24.3 Å². The Morgan fingerprint density at radius 1 is 1.11 bits per heavy atom. The predicted molar refractivity (Wildman–Crippen MR) is 81.2 cm³/mol. The highest BCUT2D eigenvalue weighted by Gasteiger charge is 2.26. The first kappa shape index (κ1) is 14.5. The van der Waals surface area contributed by atoms with Gasteiger partial charge in [0.2, 0.25) is 0 Å². The number of likely N-dealkylation sites (N-methyl/N-ethyl adjacent to an activating group) is 1. The highest BCUT2D eigenvalue weighted by molar-refractivity contribution is 5.27. The molecular weight excluding hydrogens is 234 g/mol. The SMILES string of the molecule is CC1CN(Cc2ccccc2CCN)CC(C)N1C. The highest BCUT2D eigenvalue weighted by atomic mass is 15.3. The summed E-state index contributed by atoms with van der Waals surface area (Å²) in [6, 6.07) is 9.97.